The van der Waals surface area contributed by atoms with E-state index in [1.54, 1.807) is 0 Å². The van der Waals surface area contributed by atoms with Crippen molar-refractivity contribution in [2.75, 3.05) is 6.54 Å². The molecule has 2 rings (SSSR count). The zero-order valence-electron chi connectivity index (χ0n) is 7.90. The van der Waals surface area contributed by atoms with Crippen LogP contribution in [0.4, 0.5) is 4.79 Å². The summed E-state index contributed by atoms with van der Waals surface area (Å²) in [6.07, 6.45) is 2.85. The molecule has 2 aliphatic rings. The van der Waals surface area contributed by atoms with Crippen LogP contribution in [-0.2, 0) is 4.79 Å². The van der Waals surface area contributed by atoms with Crippen molar-refractivity contribution in [3.8, 4) is 0 Å². The van der Waals surface area contributed by atoms with E-state index in [1.165, 1.54) is 0 Å². The fourth-order valence-corrected chi connectivity index (χ4v) is 1.79. The number of rotatable bonds is 4. The first-order valence-corrected chi connectivity index (χ1v) is 4.96. The number of hydrogen-bond donors (Lipinski definition) is 2. The van der Waals surface area contributed by atoms with E-state index in [0.717, 1.165) is 12.8 Å². The summed E-state index contributed by atoms with van der Waals surface area (Å²) < 4.78 is 0. The lowest BCUT2D eigenvalue weighted by molar-refractivity contribution is -0.137. The molecule has 2 fully saturated rings. The van der Waals surface area contributed by atoms with Crippen molar-refractivity contribution < 1.29 is 14.7 Å². The van der Waals surface area contributed by atoms with Crippen LogP contribution in [0.25, 0.3) is 0 Å². The van der Waals surface area contributed by atoms with Crippen molar-refractivity contribution >= 4 is 12.0 Å². The van der Waals surface area contributed by atoms with E-state index >= 15 is 0 Å². The topological polar surface area (TPSA) is 69.6 Å². The molecule has 0 bridgehead atoms. The van der Waals surface area contributed by atoms with Gasteiger partial charge < -0.3 is 15.3 Å². The van der Waals surface area contributed by atoms with E-state index in [1.807, 2.05) is 4.90 Å². The second-order valence-corrected chi connectivity index (χ2v) is 3.96. The number of carbonyl (C=O) groups is 2. The number of carboxylic acid groups (broad SMARTS) is 1. The Balaban J connectivity index is 1.80. The molecule has 2 amide bonds. The van der Waals surface area contributed by atoms with Crippen molar-refractivity contribution in [2.24, 2.45) is 0 Å². The number of amides is 2. The largest absolute Gasteiger partial charge is 0.481 e. The smallest absolute Gasteiger partial charge is 0.317 e. The summed E-state index contributed by atoms with van der Waals surface area (Å²) in [4.78, 5) is 23.5. The highest BCUT2D eigenvalue weighted by Crippen LogP contribution is 2.29. The van der Waals surface area contributed by atoms with Gasteiger partial charge in [-0.15, -0.1) is 0 Å². The standard InChI is InChI=1S/C9H14N2O3/c12-8(13)4-1-6-5-11(7-2-3-7)9(14)10-6/h6-7H,1-5H2,(H,10,14)(H,12,13). The number of aliphatic carboxylic acids is 1. The summed E-state index contributed by atoms with van der Waals surface area (Å²) in [5.74, 6) is -0.802. The Morgan fingerprint density at radius 2 is 2.29 bits per heavy atom. The number of nitrogens with zero attached hydrogens (tertiary/aromatic N) is 1. The Labute approximate surface area is 82.1 Å². The van der Waals surface area contributed by atoms with Crippen LogP contribution in [0.15, 0.2) is 0 Å². The molecule has 1 aliphatic heterocycles. The minimum absolute atomic E-state index is 0.0251. The molecule has 1 heterocycles. The van der Waals surface area contributed by atoms with E-state index < -0.39 is 5.97 Å². The summed E-state index contributed by atoms with van der Waals surface area (Å²) >= 11 is 0. The Bertz CT molecular complexity index is 263. The molecule has 0 aromatic carbocycles. The van der Waals surface area contributed by atoms with E-state index in [-0.39, 0.29) is 18.5 Å². The Hall–Kier alpha value is -1.26. The van der Waals surface area contributed by atoms with Gasteiger partial charge in [-0.05, 0) is 19.3 Å². The third kappa shape index (κ3) is 1.97. The van der Waals surface area contributed by atoms with Gasteiger partial charge in [-0.25, -0.2) is 4.79 Å². The number of carboxylic acids is 1. The summed E-state index contributed by atoms with van der Waals surface area (Å²) in [6, 6.07) is 0.423. The predicted molar refractivity (Wildman–Crippen MR) is 48.9 cm³/mol. The van der Waals surface area contributed by atoms with Gasteiger partial charge in [-0.3, -0.25) is 4.79 Å². The molecule has 0 aromatic rings. The number of carbonyl (C=O) groups excluding carboxylic acids is 1. The summed E-state index contributed by atoms with van der Waals surface area (Å²) in [7, 11) is 0. The van der Waals surface area contributed by atoms with Crippen molar-refractivity contribution in [1.29, 1.82) is 0 Å². The summed E-state index contributed by atoms with van der Waals surface area (Å²) in [5, 5.41) is 11.3. The third-order valence-electron chi connectivity index (χ3n) is 2.70. The quantitative estimate of drug-likeness (QED) is 0.687. The van der Waals surface area contributed by atoms with Gasteiger partial charge in [0.1, 0.15) is 0 Å². The highest BCUT2D eigenvalue weighted by Gasteiger charge is 2.38. The first-order valence-electron chi connectivity index (χ1n) is 4.96. The monoisotopic (exact) mass is 198 g/mol. The van der Waals surface area contributed by atoms with E-state index in [9.17, 15) is 9.59 Å². The van der Waals surface area contributed by atoms with Crippen molar-refractivity contribution in [2.45, 2.75) is 37.8 Å². The summed E-state index contributed by atoms with van der Waals surface area (Å²) in [5.41, 5.74) is 0. The van der Waals surface area contributed by atoms with Gasteiger partial charge in [-0.1, -0.05) is 0 Å². The normalized spacial score (nSPS) is 26.4. The fraction of sp³-hybridized carbons (Fsp3) is 0.778. The van der Waals surface area contributed by atoms with Gasteiger partial charge in [0.05, 0.1) is 0 Å². The minimum atomic E-state index is -0.802. The maximum Gasteiger partial charge on any atom is 0.317 e. The number of nitrogens with one attached hydrogen (secondary N) is 1. The second-order valence-electron chi connectivity index (χ2n) is 3.96. The SMILES string of the molecule is O=C(O)CCC1CN(C2CC2)C(=O)N1. The molecule has 0 aromatic heterocycles. The molecule has 5 nitrogen and oxygen atoms in total. The van der Waals surface area contributed by atoms with Crippen LogP contribution in [0.3, 0.4) is 0 Å². The second kappa shape index (κ2) is 3.48. The lowest BCUT2D eigenvalue weighted by atomic mass is 10.1. The van der Waals surface area contributed by atoms with Gasteiger partial charge >= 0.3 is 12.0 Å². The van der Waals surface area contributed by atoms with Gasteiger partial charge in [0.2, 0.25) is 0 Å². The molecular weight excluding hydrogens is 184 g/mol. The van der Waals surface area contributed by atoms with Crippen LogP contribution in [0.5, 0.6) is 0 Å². The van der Waals surface area contributed by atoms with Gasteiger partial charge in [0.25, 0.3) is 0 Å². The lowest BCUT2D eigenvalue weighted by Gasteiger charge is -2.12. The molecule has 1 saturated carbocycles. The lowest BCUT2D eigenvalue weighted by Crippen LogP contribution is -2.30. The number of hydrogen-bond acceptors (Lipinski definition) is 2. The first-order chi connectivity index (χ1) is 6.66. The molecule has 1 saturated heterocycles. The molecule has 14 heavy (non-hydrogen) atoms. The van der Waals surface area contributed by atoms with Crippen molar-refractivity contribution in [3.63, 3.8) is 0 Å². The maximum atomic E-state index is 11.4. The molecule has 1 unspecified atom stereocenters. The maximum absolute atomic E-state index is 11.4. The molecular formula is C9H14N2O3. The number of urea groups is 1. The Kier molecular flexibility index (Phi) is 2.31. The average Bonchev–Trinajstić information content (AvgIpc) is 2.88. The van der Waals surface area contributed by atoms with E-state index in [2.05, 4.69) is 5.32 Å². The predicted octanol–water partition coefficient (Wildman–Crippen LogP) is 0.407. The average molecular weight is 198 g/mol. The van der Waals surface area contributed by atoms with Crippen molar-refractivity contribution in [1.82, 2.24) is 10.2 Å². The molecule has 1 atom stereocenters. The van der Waals surface area contributed by atoms with Crippen LogP contribution in [0.2, 0.25) is 0 Å². The van der Waals surface area contributed by atoms with Crippen LogP contribution < -0.4 is 5.32 Å². The van der Waals surface area contributed by atoms with Gasteiger partial charge in [0.15, 0.2) is 0 Å². The third-order valence-corrected chi connectivity index (χ3v) is 2.70. The van der Waals surface area contributed by atoms with Gasteiger partial charge in [0, 0.05) is 25.0 Å². The zero-order chi connectivity index (χ0) is 10.1. The van der Waals surface area contributed by atoms with Crippen LogP contribution in [0, 0.1) is 0 Å². The molecule has 0 spiro atoms. The zero-order valence-corrected chi connectivity index (χ0v) is 7.90. The van der Waals surface area contributed by atoms with Crippen LogP contribution in [-0.4, -0.2) is 40.6 Å². The van der Waals surface area contributed by atoms with Gasteiger partial charge in [-0.2, -0.15) is 0 Å². The minimum Gasteiger partial charge on any atom is -0.481 e. The molecule has 5 heteroatoms. The molecule has 78 valence electrons. The fourth-order valence-electron chi connectivity index (χ4n) is 1.79. The summed E-state index contributed by atoms with van der Waals surface area (Å²) in [6.45, 7) is 0.677. The Morgan fingerprint density at radius 1 is 1.57 bits per heavy atom. The Morgan fingerprint density at radius 3 is 2.86 bits per heavy atom. The van der Waals surface area contributed by atoms with Crippen LogP contribution in [0.1, 0.15) is 25.7 Å². The van der Waals surface area contributed by atoms with Crippen LogP contribution >= 0.6 is 0 Å². The molecule has 1 aliphatic carbocycles. The van der Waals surface area contributed by atoms with Crippen molar-refractivity contribution in [3.05, 3.63) is 0 Å². The molecule has 0 radical (unpaired) electrons. The first kappa shape index (κ1) is 9.30. The highest BCUT2D eigenvalue weighted by atomic mass is 16.4. The highest BCUT2D eigenvalue weighted by molar-refractivity contribution is 5.77. The molecule has 2 N–H and O–H groups in total. The van der Waals surface area contributed by atoms with E-state index in [4.69, 9.17) is 5.11 Å². The van der Waals surface area contributed by atoms with E-state index in [0.29, 0.717) is 19.0 Å².